The van der Waals surface area contributed by atoms with Crippen LogP contribution in [0.1, 0.15) is 34.1 Å². The number of aliphatic imine (C=N–C) groups is 1. The van der Waals surface area contributed by atoms with Crippen LogP contribution in [0.2, 0.25) is 0 Å². The minimum atomic E-state index is 0.0694. The van der Waals surface area contributed by atoms with E-state index in [0.717, 1.165) is 21.8 Å². The van der Waals surface area contributed by atoms with Gasteiger partial charge in [-0.05, 0) is 38.8 Å². The van der Waals surface area contributed by atoms with Crippen LogP contribution in [-0.2, 0) is 11.3 Å². The lowest BCUT2D eigenvalue weighted by molar-refractivity contribution is -0.117. The van der Waals surface area contributed by atoms with Crippen LogP contribution in [0.25, 0.3) is 0 Å². The fourth-order valence-corrected chi connectivity index (χ4v) is 3.95. The molecule has 0 spiro atoms. The highest BCUT2D eigenvalue weighted by atomic mass is 32.1. The van der Waals surface area contributed by atoms with E-state index >= 15 is 0 Å². The van der Waals surface area contributed by atoms with E-state index in [1.807, 2.05) is 11.8 Å². The molecule has 1 aliphatic heterocycles. The molecule has 0 radical (unpaired) electrons. The number of amides is 1. The molecule has 114 valence electrons. The van der Waals surface area contributed by atoms with Crippen LogP contribution in [-0.4, -0.2) is 18.2 Å². The summed E-state index contributed by atoms with van der Waals surface area (Å²) in [4.78, 5) is 20.1. The molecule has 1 aromatic heterocycles. The zero-order chi connectivity index (χ0) is 15.9. The molecular weight excluding hydrogens is 292 g/mol. The molecule has 0 aliphatic carbocycles. The lowest BCUT2D eigenvalue weighted by Crippen LogP contribution is -2.31. The molecule has 1 aromatic carbocycles. The second-order valence-electron chi connectivity index (χ2n) is 5.83. The Labute approximate surface area is 135 Å². The predicted molar refractivity (Wildman–Crippen MR) is 93.2 cm³/mol. The summed E-state index contributed by atoms with van der Waals surface area (Å²) < 4.78 is 0. The molecule has 3 rings (SSSR count). The molecule has 0 atom stereocenters. The first-order valence-corrected chi connectivity index (χ1v) is 8.26. The number of fused-ring (bicyclic) bond motifs is 1. The van der Waals surface area contributed by atoms with E-state index in [9.17, 15) is 4.79 Å². The topological polar surface area (TPSA) is 32.7 Å². The SMILES string of the molecule is CC1=NCC(=O)N(Cc2ccc(C)cc2)c2sc(C)c(C)c21. The van der Waals surface area contributed by atoms with Crippen LogP contribution in [0.15, 0.2) is 29.3 Å². The highest BCUT2D eigenvalue weighted by Gasteiger charge is 2.27. The van der Waals surface area contributed by atoms with Gasteiger partial charge in [-0.2, -0.15) is 0 Å². The minimum absolute atomic E-state index is 0.0694. The van der Waals surface area contributed by atoms with Gasteiger partial charge in [-0.1, -0.05) is 29.8 Å². The van der Waals surface area contributed by atoms with Gasteiger partial charge in [-0.25, -0.2) is 0 Å². The van der Waals surface area contributed by atoms with E-state index in [2.05, 4.69) is 50.0 Å². The summed E-state index contributed by atoms with van der Waals surface area (Å²) >= 11 is 1.69. The smallest absolute Gasteiger partial charge is 0.249 e. The first kappa shape index (κ1) is 15.0. The Balaban J connectivity index is 2.04. The lowest BCUT2D eigenvalue weighted by Gasteiger charge is -2.20. The van der Waals surface area contributed by atoms with Crippen LogP contribution in [0.5, 0.6) is 0 Å². The molecule has 0 saturated heterocycles. The number of nitrogens with zero attached hydrogens (tertiary/aromatic N) is 2. The van der Waals surface area contributed by atoms with Gasteiger partial charge in [0.1, 0.15) is 11.5 Å². The molecule has 1 amide bonds. The Kier molecular flexibility index (Phi) is 3.87. The Morgan fingerprint density at radius 2 is 1.82 bits per heavy atom. The van der Waals surface area contributed by atoms with Crippen LogP contribution < -0.4 is 4.90 Å². The van der Waals surface area contributed by atoms with Gasteiger partial charge >= 0.3 is 0 Å². The van der Waals surface area contributed by atoms with Crippen molar-refractivity contribution in [1.29, 1.82) is 0 Å². The van der Waals surface area contributed by atoms with Crippen molar-refractivity contribution in [3.05, 3.63) is 51.4 Å². The summed E-state index contributed by atoms with van der Waals surface area (Å²) in [5, 5.41) is 1.04. The number of carbonyl (C=O) groups excluding carboxylic acids is 1. The Hall–Kier alpha value is -1.94. The van der Waals surface area contributed by atoms with Crippen LogP contribution in [0, 0.1) is 20.8 Å². The third-order valence-electron chi connectivity index (χ3n) is 4.19. The zero-order valence-electron chi connectivity index (χ0n) is 13.4. The van der Waals surface area contributed by atoms with Crippen LogP contribution >= 0.6 is 11.3 Å². The standard InChI is InChI=1S/C18H20N2OS/c1-11-5-7-15(8-6-11)10-20-16(21)9-19-13(3)17-12(2)14(4)22-18(17)20/h5-8H,9-10H2,1-4H3. The van der Waals surface area contributed by atoms with Crippen molar-refractivity contribution in [1.82, 2.24) is 0 Å². The van der Waals surface area contributed by atoms with Gasteiger partial charge in [0.15, 0.2) is 0 Å². The van der Waals surface area contributed by atoms with Crippen molar-refractivity contribution in [3.63, 3.8) is 0 Å². The monoisotopic (exact) mass is 312 g/mol. The first-order chi connectivity index (χ1) is 10.5. The van der Waals surface area contributed by atoms with Crippen molar-refractivity contribution in [2.75, 3.05) is 11.4 Å². The minimum Gasteiger partial charge on any atom is -0.297 e. The van der Waals surface area contributed by atoms with E-state index in [1.54, 1.807) is 11.3 Å². The number of anilines is 1. The molecule has 2 heterocycles. The number of thiophene rings is 1. The van der Waals surface area contributed by atoms with Crippen molar-refractivity contribution < 1.29 is 4.79 Å². The quantitative estimate of drug-likeness (QED) is 0.824. The molecule has 0 bridgehead atoms. The molecule has 0 fully saturated rings. The molecule has 0 saturated carbocycles. The Bertz CT molecular complexity index is 756. The van der Waals surface area contributed by atoms with Gasteiger partial charge in [0.2, 0.25) is 5.91 Å². The highest BCUT2D eigenvalue weighted by molar-refractivity contribution is 7.17. The molecule has 0 unspecified atom stereocenters. The number of benzene rings is 1. The fourth-order valence-electron chi connectivity index (χ4n) is 2.73. The molecule has 4 heteroatoms. The highest BCUT2D eigenvalue weighted by Crippen LogP contribution is 2.38. The van der Waals surface area contributed by atoms with Gasteiger partial charge in [-0.3, -0.25) is 14.7 Å². The average molecular weight is 312 g/mol. The summed E-state index contributed by atoms with van der Waals surface area (Å²) in [7, 11) is 0. The maximum atomic E-state index is 12.5. The first-order valence-electron chi connectivity index (χ1n) is 7.44. The van der Waals surface area contributed by atoms with E-state index in [1.165, 1.54) is 16.0 Å². The summed E-state index contributed by atoms with van der Waals surface area (Å²) in [6.07, 6.45) is 0. The Morgan fingerprint density at radius 3 is 2.50 bits per heavy atom. The van der Waals surface area contributed by atoms with Crippen molar-refractivity contribution in [2.45, 2.75) is 34.2 Å². The summed E-state index contributed by atoms with van der Waals surface area (Å²) in [5.74, 6) is 0.0694. The fraction of sp³-hybridized carbons (Fsp3) is 0.333. The number of carbonyl (C=O) groups is 1. The van der Waals surface area contributed by atoms with Gasteiger partial charge in [0.25, 0.3) is 0 Å². The van der Waals surface area contributed by atoms with E-state index in [0.29, 0.717) is 6.54 Å². The maximum Gasteiger partial charge on any atom is 0.249 e. The second-order valence-corrected chi connectivity index (χ2v) is 7.03. The number of rotatable bonds is 2. The van der Waals surface area contributed by atoms with Crippen LogP contribution in [0.3, 0.4) is 0 Å². The largest absolute Gasteiger partial charge is 0.297 e. The molecule has 22 heavy (non-hydrogen) atoms. The number of hydrogen-bond donors (Lipinski definition) is 0. The third kappa shape index (κ3) is 2.59. The third-order valence-corrected chi connectivity index (χ3v) is 5.42. The number of aryl methyl sites for hydroxylation is 2. The van der Waals surface area contributed by atoms with Crippen molar-refractivity contribution in [2.24, 2.45) is 4.99 Å². The zero-order valence-corrected chi connectivity index (χ0v) is 14.3. The Morgan fingerprint density at radius 1 is 1.14 bits per heavy atom. The summed E-state index contributed by atoms with van der Waals surface area (Å²) in [6, 6.07) is 8.36. The predicted octanol–water partition coefficient (Wildman–Crippen LogP) is 4.03. The molecule has 3 nitrogen and oxygen atoms in total. The lowest BCUT2D eigenvalue weighted by atomic mass is 10.1. The van der Waals surface area contributed by atoms with Crippen molar-refractivity contribution >= 4 is 28.0 Å². The van der Waals surface area contributed by atoms with Crippen molar-refractivity contribution in [3.8, 4) is 0 Å². The normalized spacial score (nSPS) is 14.6. The van der Waals surface area contributed by atoms with E-state index < -0.39 is 0 Å². The molecular formula is C18H20N2OS. The summed E-state index contributed by atoms with van der Waals surface area (Å²) in [6.45, 7) is 9.13. The van der Waals surface area contributed by atoms with Gasteiger partial charge in [0, 0.05) is 16.2 Å². The van der Waals surface area contributed by atoms with E-state index in [4.69, 9.17) is 0 Å². The van der Waals surface area contributed by atoms with E-state index in [-0.39, 0.29) is 12.5 Å². The average Bonchev–Trinajstić information content (AvgIpc) is 2.73. The second kappa shape index (κ2) is 5.69. The van der Waals surface area contributed by atoms with Gasteiger partial charge in [0.05, 0.1) is 6.54 Å². The van der Waals surface area contributed by atoms with Gasteiger partial charge in [-0.15, -0.1) is 11.3 Å². The molecule has 2 aromatic rings. The maximum absolute atomic E-state index is 12.5. The summed E-state index contributed by atoms with van der Waals surface area (Å²) in [5.41, 5.74) is 5.73. The molecule has 0 N–H and O–H groups in total. The van der Waals surface area contributed by atoms with Crippen LogP contribution in [0.4, 0.5) is 5.00 Å². The van der Waals surface area contributed by atoms with Gasteiger partial charge < -0.3 is 0 Å². The number of hydrogen-bond acceptors (Lipinski definition) is 3. The molecule has 1 aliphatic rings.